The quantitative estimate of drug-likeness (QED) is 0.643. The van der Waals surface area contributed by atoms with E-state index in [9.17, 15) is 18.0 Å². The molecule has 158 valence electrons. The number of aryl methyl sites for hydroxylation is 1. The lowest BCUT2D eigenvalue weighted by Gasteiger charge is -2.31. The van der Waals surface area contributed by atoms with Crippen molar-refractivity contribution in [2.24, 2.45) is 0 Å². The number of piperidine rings is 1. The van der Waals surface area contributed by atoms with Gasteiger partial charge < -0.3 is 9.42 Å². The van der Waals surface area contributed by atoms with Crippen LogP contribution in [0.2, 0.25) is 0 Å². The van der Waals surface area contributed by atoms with Gasteiger partial charge in [-0.05, 0) is 44.9 Å². The summed E-state index contributed by atoms with van der Waals surface area (Å²) in [7, 11) is 0. The summed E-state index contributed by atoms with van der Waals surface area (Å²) in [4.78, 5) is 19.1. The first-order valence-electron chi connectivity index (χ1n) is 9.56. The van der Waals surface area contributed by atoms with Gasteiger partial charge in [-0.1, -0.05) is 11.2 Å². The Kier molecular flexibility index (Phi) is 5.08. The van der Waals surface area contributed by atoms with E-state index < -0.39 is 11.7 Å². The molecule has 1 atom stereocenters. The maximum absolute atomic E-state index is 13.1. The van der Waals surface area contributed by atoms with E-state index in [1.165, 1.54) is 23.0 Å². The van der Waals surface area contributed by atoms with Crippen molar-refractivity contribution in [2.75, 3.05) is 13.1 Å². The molecular weight excluding hydrogens is 399 g/mol. The fourth-order valence-electron chi connectivity index (χ4n) is 3.71. The third kappa shape index (κ3) is 3.81. The Balaban J connectivity index is 1.57. The maximum Gasteiger partial charge on any atom is 0.416 e. The van der Waals surface area contributed by atoms with Crippen molar-refractivity contribution in [3.63, 3.8) is 0 Å². The molecule has 1 unspecified atom stereocenters. The first-order chi connectivity index (χ1) is 14.2. The van der Waals surface area contributed by atoms with Gasteiger partial charge in [-0.2, -0.15) is 23.3 Å². The van der Waals surface area contributed by atoms with Crippen LogP contribution in [0.15, 0.2) is 35.0 Å². The van der Waals surface area contributed by atoms with E-state index in [2.05, 4.69) is 15.2 Å². The third-order valence-corrected chi connectivity index (χ3v) is 5.26. The molecule has 1 amide bonds. The molecule has 1 aliphatic heterocycles. The molecule has 30 heavy (non-hydrogen) atoms. The smallest absolute Gasteiger partial charge is 0.339 e. The molecule has 0 radical (unpaired) electrons. The molecule has 0 saturated carbocycles. The second kappa shape index (κ2) is 7.58. The zero-order valence-corrected chi connectivity index (χ0v) is 16.5. The van der Waals surface area contributed by atoms with Crippen LogP contribution in [0.5, 0.6) is 0 Å². The summed E-state index contributed by atoms with van der Waals surface area (Å²) in [6.07, 6.45) is -1.42. The van der Waals surface area contributed by atoms with E-state index in [0.29, 0.717) is 36.1 Å². The van der Waals surface area contributed by atoms with E-state index in [-0.39, 0.29) is 17.5 Å². The standard InChI is InChI=1S/C20H20F3N5O2/c1-12-17(10-24-28(12)16-7-3-6-15(9-16)20(21,22)23)19(29)27-8-4-5-14(11-27)18-25-13(2)26-30-18/h3,6-7,9-10,14H,4-5,8,11H2,1-2H3. The van der Waals surface area contributed by atoms with Gasteiger partial charge in [0.25, 0.3) is 5.91 Å². The second-order valence-corrected chi connectivity index (χ2v) is 7.37. The zero-order chi connectivity index (χ0) is 21.5. The summed E-state index contributed by atoms with van der Waals surface area (Å²) < 4.78 is 45.7. The summed E-state index contributed by atoms with van der Waals surface area (Å²) in [6, 6.07) is 4.87. The number of likely N-dealkylation sites (tertiary alicyclic amines) is 1. The van der Waals surface area contributed by atoms with Crippen LogP contribution in [0.25, 0.3) is 5.69 Å². The molecule has 1 aromatic carbocycles. The van der Waals surface area contributed by atoms with Crippen LogP contribution in [-0.2, 0) is 6.18 Å². The molecule has 7 nitrogen and oxygen atoms in total. The normalized spacial score (nSPS) is 17.4. The summed E-state index contributed by atoms with van der Waals surface area (Å²) >= 11 is 0. The van der Waals surface area contributed by atoms with Crippen LogP contribution in [0.3, 0.4) is 0 Å². The molecule has 2 aromatic heterocycles. The van der Waals surface area contributed by atoms with Crippen molar-refractivity contribution in [1.29, 1.82) is 0 Å². The number of nitrogens with zero attached hydrogens (tertiary/aromatic N) is 5. The van der Waals surface area contributed by atoms with Crippen molar-refractivity contribution >= 4 is 5.91 Å². The fraction of sp³-hybridized carbons (Fsp3) is 0.400. The van der Waals surface area contributed by atoms with Gasteiger partial charge in [0.05, 0.1) is 34.6 Å². The van der Waals surface area contributed by atoms with Crippen LogP contribution >= 0.6 is 0 Å². The topological polar surface area (TPSA) is 77.0 Å². The Morgan fingerprint density at radius 3 is 2.77 bits per heavy atom. The molecule has 10 heteroatoms. The van der Waals surface area contributed by atoms with Crippen LogP contribution in [0.4, 0.5) is 13.2 Å². The highest BCUT2D eigenvalue weighted by Gasteiger charge is 2.32. The molecule has 1 fully saturated rings. The van der Waals surface area contributed by atoms with E-state index in [4.69, 9.17) is 4.52 Å². The summed E-state index contributed by atoms with van der Waals surface area (Å²) in [5.74, 6) is 0.808. The third-order valence-electron chi connectivity index (χ3n) is 5.26. The molecule has 0 aliphatic carbocycles. The van der Waals surface area contributed by atoms with E-state index in [0.717, 1.165) is 25.0 Å². The molecule has 1 aliphatic rings. The predicted octanol–water partition coefficient (Wildman–Crippen LogP) is 3.91. The number of amides is 1. The number of rotatable bonds is 3. The van der Waals surface area contributed by atoms with E-state index in [1.54, 1.807) is 18.7 Å². The molecule has 0 spiro atoms. The fourth-order valence-corrected chi connectivity index (χ4v) is 3.71. The summed E-state index contributed by atoms with van der Waals surface area (Å²) in [6.45, 7) is 4.43. The lowest BCUT2D eigenvalue weighted by molar-refractivity contribution is -0.137. The van der Waals surface area contributed by atoms with Crippen molar-refractivity contribution < 1.29 is 22.5 Å². The Labute approximate surface area is 170 Å². The molecule has 4 rings (SSSR count). The highest BCUT2D eigenvalue weighted by atomic mass is 19.4. The number of carbonyl (C=O) groups excluding carboxylic acids is 1. The number of halogens is 3. The number of hydrogen-bond acceptors (Lipinski definition) is 5. The molecule has 0 N–H and O–H groups in total. The van der Waals surface area contributed by atoms with Gasteiger partial charge in [-0.25, -0.2) is 4.68 Å². The zero-order valence-electron chi connectivity index (χ0n) is 16.5. The minimum absolute atomic E-state index is 0.0391. The monoisotopic (exact) mass is 419 g/mol. The molecule has 3 aromatic rings. The average molecular weight is 419 g/mol. The molecule has 0 bridgehead atoms. The minimum Gasteiger partial charge on any atom is -0.339 e. The highest BCUT2D eigenvalue weighted by molar-refractivity contribution is 5.95. The first-order valence-corrected chi connectivity index (χ1v) is 9.56. The van der Waals surface area contributed by atoms with Gasteiger partial charge >= 0.3 is 6.18 Å². The number of alkyl halides is 3. The number of benzene rings is 1. The van der Waals surface area contributed by atoms with Crippen LogP contribution in [-0.4, -0.2) is 43.8 Å². The van der Waals surface area contributed by atoms with Crippen molar-refractivity contribution in [3.8, 4) is 5.69 Å². The first kappa shape index (κ1) is 20.1. The lowest BCUT2D eigenvalue weighted by Crippen LogP contribution is -2.39. The Morgan fingerprint density at radius 2 is 2.07 bits per heavy atom. The largest absolute Gasteiger partial charge is 0.416 e. The van der Waals surface area contributed by atoms with Crippen molar-refractivity contribution in [1.82, 2.24) is 24.8 Å². The Bertz CT molecular complexity index is 1070. The number of aromatic nitrogens is 4. The maximum atomic E-state index is 13.1. The van der Waals surface area contributed by atoms with Gasteiger partial charge in [-0.15, -0.1) is 0 Å². The van der Waals surface area contributed by atoms with Crippen LogP contribution in [0.1, 0.15) is 52.1 Å². The molecule has 1 saturated heterocycles. The van der Waals surface area contributed by atoms with Crippen LogP contribution < -0.4 is 0 Å². The highest BCUT2D eigenvalue weighted by Crippen LogP contribution is 2.31. The average Bonchev–Trinajstić information content (AvgIpc) is 3.33. The van der Waals surface area contributed by atoms with E-state index >= 15 is 0 Å². The minimum atomic E-state index is -4.45. The number of carbonyl (C=O) groups is 1. The SMILES string of the molecule is Cc1noc(C2CCCN(C(=O)c3cnn(-c4cccc(C(F)(F)F)c4)c3C)C2)n1. The lowest BCUT2D eigenvalue weighted by atomic mass is 9.97. The van der Waals surface area contributed by atoms with Crippen LogP contribution in [0, 0.1) is 13.8 Å². The Hall–Kier alpha value is -3.17. The molecule has 3 heterocycles. The van der Waals surface area contributed by atoms with Gasteiger partial charge in [0.15, 0.2) is 5.82 Å². The van der Waals surface area contributed by atoms with E-state index in [1.807, 2.05) is 0 Å². The van der Waals surface area contributed by atoms with Gasteiger partial charge in [0.1, 0.15) is 0 Å². The van der Waals surface area contributed by atoms with Gasteiger partial charge in [0, 0.05) is 13.1 Å². The van der Waals surface area contributed by atoms with Crippen molar-refractivity contribution in [2.45, 2.75) is 38.8 Å². The predicted molar refractivity (Wildman–Crippen MR) is 100 cm³/mol. The van der Waals surface area contributed by atoms with Gasteiger partial charge in [-0.3, -0.25) is 4.79 Å². The molecular formula is C20H20F3N5O2. The number of hydrogen-bond donors (Lipinski definition) is 0. The van der Waals surface area contributed by atoms with Gasteiger partial charge in [0.2, 0.25) is 5.89 Å². The second-order valence-electron chi connectivity index (χ2n) is 7.37. The van der Waals surface area contributed by atoms with Crippen molar-refractivity contribution in [3.05, 3.63) is 59.0 Å². The summed E-state index contributed by atoms with van der Waals surface area (Å²) in [5.41, 5.74) is 0.320. The summed E-state index contributed by atoms with van der Waals surface area (Å²) in [5, 5.41) is 7.98. The Morgan fingerprint density at radius 1 is 1.27 bits per heavy atom.